The summed E-state index contributed by atoms with van der Waals surface area (Å²) in [5, 5.41) is 19.8. The first kappa shape index (κ1) is 17.6. The van der Waals surface area contributed by atoms with Crippen LogP contribution in [-0.4, -0.2) is 45.3 Å². The molecule has 132 valence electrons. The molecule has 1 aromatic heterocycles. The molecule has 0 saturated carbocycles. The van der Waals surface area contributed by atoms with Crippen LogP contribution in [-0.2, 0) is 13.0 Å². The van der Waals surface area contributed by atoms with E-state index in [1.807, 2.05) is 30.3 Å². The molecule has 2 N–H and O–H groups in total. The number of benzene rings is 1. The van der Waals surface area contributed by atoms with Gasteiger partial charge in [0.2, 0.25) is 0 Å². The summed E-state index contributed by atoms with van der Waals surface area (Å²) in [4.78, 5) is 17.7. The third-order valence-electron chi connectivity index (χ3n) is 4.96. The predicted molar refractivity (Wildman–Crippen MR) is 95.4 cm³/mol. The van der Waals surface area contributed by atoms with Gasteiger partial charge in [-0.1, -0.05) is 30.3 Å². The Morgan fingerprint density at radius 1 is 1.16 bits per heavy atom. The predicted octanol–water partition coefficient (Wildman–Crippen LogP) is 2.60. The third kappa shape index (κ3) is 4.65. The van der Waals surface area contributed by atoms with Gasteiger partial charge in [-0.05, 0) is 56.0 Å². The molecule has 25 heavy (non-hydrogen) atoms. The number of carboxylic acid groups (broad SMARTS) is 1. The maximum Gasteiger partial charge on any atom is 0.337 e. The molecule has 2 aromatic rings. The summed E-state index contributed by atoms with van der Waals surface area (Å²) in [6, 6.07) is 13.3. The van der Waals surface area contributed by atoms with E-state index in [9.17, 15) is 15.0 Å². The van der Waals surface area contributed by atoms with Crippen molar-refractivity contribution in [3.8, 4) is 0 Å². The zero-order valence-corrected chi connectivity index (χ0v) is 14.2. The van der Waals surface area contributed by atoms with Crippen molar-refractivity contribution >= 4 is 5.97 Å². The Kier molecular flexibility index (Phi) is 5.79. The first-order valence-electron chi connectivity index (χ1n) is 8.75. The number of piperidine rings is 1. The first-order valence-corrected chi connectivity index (χ1v) is 8.75. The molecule has 5 heteroatoms. The lowest BCUT2D eigenvalue weighted by Gasteiger charge is -2.34. The van der Waals surface area contributed by atoms with Crippen molar-refractivity contribution in [3.05, 3.63) is 65.5 Å². The van der Waals surface area contributed by atoms with E-state index in [1.54, 1.807) is 18.3 Å². The Morgan fingerprint density at radius 3 is 2.56 bits per heavy atom. The van der Waals surface area contributed by atoms with E-state index in [0.29, 0.717) is 24.6 Å². The van der Waals surface area contributed by atoms with Crippen LogP contribution in [0.5, 0.6) is 0 Å². The number of aliphatic hydroxyl groups excluding tert-OH is 1. The number of pyridine rings is 1. The van der Waals surface area contributed by atoms with E-state index in [4.69, 9.17) is 0 Å². The standard InChI is InChI=1S/C20H24N2O3/c23-19(13-15-5-2-1-3-6-15)16-8-11-22(12-9-16)14-18-17(20(24)25)7-4-10-21-18/h1-7,10,16,19,23H,8-9,11-14H2,(H,24,25)/t19-/m0/s1. The molecular formula is C20H24N2O3. The van der Waals surface area contributed by atoms with E-state index in [-0.39, 0.29) is 11.7 Å². The topological polar surface area (TPSA) is 73.7 Å². The second kappa shape index (κ2) is 8.23. The van der Waals surface area contributed by atoms with Crippen LogP contribution in [0.1, 0.15) is 34.5 Å². The van der Waals surface area contributed by atoms with Gasteiger partial charge >= 0.3 is 5.97 Å². The molecule has 0 radical (unpaired) electrons. The molecule has 0 aliphatic carbocycles. The summed E-state index contributed by atoms with van der Waals surface area (Å²) in [6.07, 6.45) is 3.84. The number of carboxylic acids is 1. The van der Waals surface area contributed by atoms with Crippen molar-refractivity contribution in [2.45, 2.75) is 31.9 Å². The average Bonchev–Trinajstić information content (AvgIpc) is 2.63. The van der Waals surface area contributed by atoms with Crippen LogP contribution in [0.4, 0.5) is 0 Å². The van der Waals surface area contributed by atoms with Gasteiger partial charge in [0, 0.05) is 12.7 Å². The molecule has 1 aliphatic rings. The van der Waals surface area contributed by atoms with Gasteiger partial charge in [-0.2, -0.15) is 0 Å². The number of rotatable bonds is 6. The quantitative estimate of drug-likeness (QED) is 0.845. The van der Waals surface area contributed by atoms with Crippen LogP contribution < -0.4 is 0 Å². The molecule has 0 amide bonds. The molecule has 2 heterocycles. The molecule has 1 saturated heterocycles. The van der Waals surface area contributed by atoms with Gasteiger partial charge in [0.25, 0.3) is 0 Å². The van der Waals surface area contributed by atoms with Crippen LogP contribution >= 0.6 is 0 Å². The second-order valence-electron chi connectivity index (χ2n) is 6.67. The molecule has 0 spiro atoms. The molecular weight excluding hydrogens is 316 g/mol. The molecule has 1 aliphatic heterocycles. The molecule has 5 nitrogen and oxygen atoms in total. The normalized spacial score (nSPS) is 17.3. The van der Waals surface area contributed by atoms with Crippen LogP contribution in [0.3, 0.4) is 0 Å². The summed E-state index contributed by atoms with van der Waals surface area (Å²) < 4.78 is 0. The minimum atomic E-state index is -0.934. The van der Waals surface area contributed by atoms with Gasteiger partial charge in [0.1, 0.15) is 0 Å². The van der Waals surface area contributed by atoms with Gasteiger partial charge in [0.15, 0.2) is 0 Å². The van der Waals surface area contributed by atoms with E-state index >= 15 is 0 Å². The summed E-state index contributed by atoms with van der Waals surface area (Å²) in [5.41, 5.74) is 2.05. The highest BCUT2D eigenvalue weighted by Gasteiger charge is 2.26. The molecule has 0 unspecified atom stereocenters. The summed E-state index contributed by atoms with van der Waals surface area (Å²) in [5.74, 6) is -0.643. The highest BCUT2D eigenvalue weighted by molar-refractivity contribution is 5.88. The van der Waals surface area contributed by atoms with E-state index in [0.717, 1.165) is 31.5 Å². The largest absolute Gasteiger partial charge is 0.478 e. The SMILES string of the molecule is O=C(O)c1cccnc1CN1CCC([C@@H](O)Cc2ccccc2)CC1. The first-order chi connectivity index (χ1) is 12.1. The maximum atomic E-state index is 11.3. The minimum Gasteiger partial charge on any atom is -0.478 e. The Bertz CT molecular complexity index is 697. The molecule has 1 aromatic carbocycles. The fourth-order valence-electron chi connectivity index (χ4n) is 3.49. The van der Waals surface area contributed by atoms with Crippen molar-refractivity contribution in [3.63, 3.8) is 0 Å². The fourth-order valence-corrected chi connectivity index (χ4v) is 3.49. The van der Waals surface area contributed by atoms with Gasteiger partial charge in [-0.25, -0.2) is 4.79 Å². The van der Waals surface area contributed by atoms with Crippen LogP contribution in [0, 0.1) is 5.92 Å². The maximum absolute atomic E-state index is 11.3. The summed E-state index contributed by atoms with van der Waals surface area (Å²) >= 11 is 0. The van der Waals surface area contributed by atoms with Gasteiger partial charge in [-0.3, -0.25) is 9.88 Å². The van der Waals surface area contributed by atoms with Gasteiger partial charge < -0.3 is 10.2 Å². The molecule has 3 rings (SSSR count). The lowest BCUT2D eigenvalue weighted by atomic mass is 9.88. The van der Waals surface area contributed by atoms with Crippen molar-refractivity contribution in [1.82, 2.24) is 9.88 Å². The fraction of sp³-hybridized carbons (Fsp3) is 0.400. The molecule has 1 atom stereocenters. The van der Waals surface area contributed by atoms with Crippen LogP contribution in [0.25, 0.3) is 0 Å². The van der Waals surface area contributed by atoms with Crippen molar-refractivity contribution in [2.24, 2.45) is 5.92 Å². The lowest BCUT2D eigenvalue weighted by molar-refractivity contribution is 0.0569. The summed E-state index contributed by atoms with van der Waals surface area (Å²) in [7, 11) is 0. The zero-order chi connectivity index (χ0) is 17.6. The van der Waals surface area contributed by atoms with Gasteiger partial charge in [-0.15, -0.1) is 0 Å². The van der Waals surface area contributed by atoms with Crippen molar-refractivity contribution in [1.29, 1.82) is 0 Å². The van der Waals surface area contributed by atoms with Crippen LogP contribution in [0.2, 0.25) is 0 Å². The Labute approximate surface area is 147 Å². The summed E-state index contributed by atoms with van der Waals surface area (Å²) in [6.45, 7) is 2.25. The number of likely N-dealkylation sites (tertiary alicyclic amines) is 1. The Hall–Kier alpha value is -2.24. The molecule has 0 bridgehead atoms. The van der Waals surface area contributed by atoms with E-state index in [2.05, 4.69) is 9.88 Å². The van der Waals surface area contributed by atoms with Gasteiger partial charge in [0.05, 0.1) is 17.4 Å². The third-order valence-corrected chi connectivity index (χ3v) is 4.96. The highest BCUT2D eigenvalue weighted by atomic mass is 16.4. The number of hydrogen-bond donors (Lipinski definition) is 2. The number of aromatic carboxylic acids is 1. The number of nitrogens with zero attached hydrogens (tertiary/aromatic N) is 2. The number of hydrogen-bond acceptors (Lipinski definition) is 4. The zero-order valence-electron chi connectivity index (χ0n) is 14.2. The Balaban J connectivity index is 1.53. The molecule has 1 fully saturated rings. The number of carbonyl (C=O) groups is 1. The number of aromatic nitrogens is 1. The van der Waals surface area contributed by atoms with Crippen molar-refractivity contribution < 1.29 is 15.0 Å². The second-order valence-corrected chi connectivity index (χ2v) is 6.67. The van der Waals surface area contributed by atoms with Crippen molar-refractivity contribution in [2.75, 3.05) is 13.1 Å². The lowest BCUT2D eigenvalue weighted by Crippen LogP contribution is -2.38. The van der Waals surface area contributed by atoms with E-state index in [1.165, 1.54) is 0 Å². The monoisotopic (exact) mass is 340 g/mol. The number of aliphatic hydroxyl groups is 1. The average molecular weight is 340 g/mol. The van der Waals surface area contributed by atoms with Crippen LogP contribution in [0.15, 0.2) is 48.7 Å². The highest BCUT2D eigenvalue weighted by Crippen LogP contribution is 2.24. The minimum absolute atomic E-state index is 0.272. The smallest absolute Gasteiger partial charge is 0.337 e. The Morgan fingerprint density at radius 2 is 1.88 bits per heavy atom. The van der Waals surface area contributed by atoms with E-state index < -0.39 is 5.97 Å².